The second kappa shape index (κ2) is 5.38. The van der Waals surface area contributed by atoms with Crippen molar-refractivity contribution in [3.8, 4) is 0 Å². The molecule has 0 aromatic carbocycles. The summed E-state index contributed by atoms with van der Waals surface area (Å²) in [5.74, 6) is 0. The van der Waals surface area contributed by atoms with Gasteiger partial charge >= 0.3 is 68.5 Å². The van der Waals surface area contributed by atoms with E-state index >= 15 is 0 Å². The zero-order valence-corrected chi connectivity index (χ0v) is 6.98. The summed E-state index contributed by atoms with van der Waals surface area (Å²) in [7, 11) is 0. The average Bonchev–Trinajstić information content (AvgIpc) is 1.41. The van der Waals surface area contributed by atoms with Crippen molar-refractivity contribution in [2.24, 2.45) is 0 Å². The maximum atomic E-state index is 2.21. The van der Waals surface area contributed by atoms with Gasteiger partial charge in [-0.25, -0.2) is 0 Å². The molecule has 0 saturated carbocycles. The second-order valence-corrected chi connectivity index (χ2v) is 2.25. The average molecular weight is 94.2 g/mol. The molecule has 0 aromatic rings. The predicted octanol–water partition coefficient (Wildman–Crippen LogP) is 1.15. The van der Waals surface area contributed by atoms with Gasteiger partial charge in [0, 0.05) is 0 Å². The van der Waals surface area contributed by atoms with Crippen molar-refractivity contribution < 1.29 is 0 Å². The Morgan fingerprint density at radius 1 is 1.80 bits per heavy atom. The van der Waals surface area contributed by atoms with Crippen molar-refractivity contribution in [1.29, 1.82) is 0 Å². The van der Waals surface area contributed by atoms with Crippen molar-refractivity contribution in [2.75, 3.05) is 0 Å². The van der Waals surface area contributed by atoms with E-state index < -0.39 is 0 Å². The fraction of sp³-hybridized carbons (Fsp3) is 0.500. The fourth-order valence-corrected chi connectivity index (χ4v) is 0.972. The van der Waals surface area contributed by atoms with Crippen LogP contribution in [0.25, 0.3) is 0 Å². The van der Waals surface area contributed by atoms with Gasteiger partial charge < -0.3 is 0 Å². The first kappa shape index (κ1) is 6.38. The number of allylic oxidation sites excluding steroid dienone is 2. The molecule has 0 bridgehead atoms. The summed E-state index contributed by atoms with van der Waals surface area (Å²) in [4.78, 5) is 0. The normalized spacial score (nSPS) is 10.2. The Morgan fingerprint density at radius 2 is 2.40 bits per heavy atom. The summed E-state index contributed by atoms with van der Waals surface area (Å²) in [5, 5.41) is 0. The summed E-state index contributed by atoms with van der Waals surface area (Å²) in [6, 6.07) is 0. The quantitative estimate of drug-likeness (QED) is 0.338. The molecule has 0 aromatic heterocycles. The minimum atomic E-state index is 1.03. The van der Waals surface area contributed by atoms with Gasteiger partial charge in [-0.05, 0) is 0 Å². The molecule has 0 heterocycles. The Hall–Kier alpha value is 1.38. The van der Waals surface area contributed by atoms with Gasteiger partial charge in [0.05, 0.1) is 0 Å². The molecule has 5 heavy (non-hydrogen) atoms. The first-order valence-electron chi connectivity index (χ1n) is 2.03. The Morgan fingerprint density at radius 3 is 2.40 bits per heavy atom. The first-order chi connectivity index (χ1) is 2.41. The van der Waals surface area contributed by atoms with Crippen molar-refractivity contribution in [3.63, 3.8) is 0 Å². The summed E-state index contributed by atoms with van der Waals surface area (Å²) in [6.45, 7) is 2.06. The Kier molecular flexibility index (Phi) is 6.86. The van der Waals surface area contributed by atoms with E-state index in [1.807, 2.05) is 0 Å². The van der Waals surface area contributed by atoms with E-state index in [-0.39, 0.29) is 0 Å². The van der Waals surface area contributed by atoms with Crippen LogP contribution in [0.3, 0.4) is 0 Å². The molecule has 0 spiro atoms. The molecule has 1 heteroatoms. The van der Waals surface area contributed by atoms with Crippen LogP contribution in [-0.4, -0.2) is 49.0 Å². The third-order valence-electron chi connectivity index (χ3n) is 0.471. The molecule has 0 aliphatic heterocycles. The van der Waals surface area contributed by atoms with E-state index in [2.05, 4.69) is 19.1 Å². The molecule has 0 fully saturated rings. The van der Waals surface area contributed by atoms with Crippen LogP contribution >= 0.6 is 0 Å². The van der Waals surface area contributed by atoms with E-state index in [1.54, 1.807) is 0 Å². The molecule has 0 saturated heterocycles. The van der Waals surface area contributed by atoms with Crippen LogP contribution in [0.4, 0.5) is 0 Å². The van der Waals surface area contributed by atoms with Crippen LogP contribution in [-0.2, 0) is 0 Å². The molecule has 0 unspecified atom stereocenters. The summed E-state index contributed by atoms with van der Waals surface area (Å²) < 4.78 is 1.35. The molecule has 24 valence electrons. The zero-order chi connectivity index (χ0) is 4.12. The van der Waals surface area contributed by atoms with Crippen molar-refractivity contribution in [2.45, 2.75) is 7.44 Å². The standard InChI is InChI=1S/C4H7.K/c1-3-4-2;/h3-4H,1H2,2H3;/b4-3-;. The van der Waals surface area contributed by atoms with Gasteiger partial charge in [0.15, 0.2) is 0 Å². The van der Waals surface area contributed by atoms with Crippen LogP contribution in [0.15, 0.2) is 12.2 Å². The van der Waals surface area contributed by atoms with E-state index in [9.17, 15) is 0 Å². The molecule has 0 amide bonds. The molecular weight excluding hydrogens is 87.1 g/mol. The number of hydrogen-bond donors (Lipinski definition) is 0. The van der Waals surface area contributed by atoms with Crippen LogP contribution in [0.5, 0.6) is 0 Å². The Balaban J connectivity index is 2.62. The molecule has 0 N–H and O–H groups in total. The fourth-order valence-electron chi connectivity index (χ4n) is 0.236. The number of rotatable bonds is 1. The van der Waals surface area contributed by atoms with Crippen LogP contribution < -0.4 is 0 Å². The first-order valence-corrected chi connectivity index (χ1v) is 4.23. The zero-order valence-electron chi connectivity index (χ0n) is 3.86. The minimum absolute atomic E-state index is 1.03. The van der Waals surface area contributed by atoms with E-state index in [0.717, 1.165) is 49.0 Å². The topological polar surface area (TPSA) is 0 Å². The molecule has 0 rings (SSSR count). The van der Waals surface area contributed by atoms with Crippen LogP contribution in [0.2, 0.25) is 0.515 Å². The van der Waals surface area contributed by atoms with Gasteiger partial charge in [-0.1, -0.05) is 0 Å². The van der Waals surface area contributed by atoms with E-state index in [4.69, 9.17) is 0 Å². The van der Waals surface area contributed by atoms with E-state index in [0.29, 0.717) is 0 Å². The third-order valence-corrected chi connectivity index (χ3v) is 1.21. The maximum absolute atomic E-state index is 2.21. The van der Waals surface area contributed by atoms with Crippen molar-refractivity contribution in [3.05, 3.63) is 12.2 Å². The molecule has 0 aliphatic carbocycles. The molecule has 0 atom stereocenters. The van der Waals surface area contributed by atoms with E-state index in [1.165, 1.54) is 0.515 Å². The van der Waals surface area contributed by atoms with Gasteiger partial charge in [0.25, 0.3) is 0 Å². The SMILES string of the molecule is C/C=C\[CH2][K]. The van der Waals surface area contributed by atoms with Crippen molar-refractivity contribution in [1.82, 2.24) is 0 Å². The molecule has 0 aliphatic rings. The Bertz CT molecular complexity index is 30.6. The molecule has 0 radical (unpaired) electrons. The monoisotopic (exact) mass is 94.0 g/mol. The summed E-state index contributed by atoms with van der Waals surface area (Å²) >= 11 is 1.03. The van der Waals surface area contributed by atoms with Gasteiger partial charge in [0.2, 0.25) is 0 Å². The Labute approximate surface area is 67.2 Å². The van der Waals surface area contributed by atoms with Gasteiger partial charge in [-0.15, -0.1) is 0 Å². The van der Waals surface area contributed by atoms with Crippen LogP contribution in [0, 0.1) is 0 Å². The predicted molar refractivity (Wildman–Crippen MR) is 25.4 cm³/mol. The van der Waals surface area contributed by atoms with Gasteiger partial charge in [0.1, 0.15) is 0 Å². The molecule has 0 nitrogen and oxygen atoms in total. The molecular formula is C4H7K. The van der Waals surface area contributed by atoms with Gasteiger partial charge in [-0.2, -0.15) is 0 Å². The summed E-state index contributed by atoms with van der Waals surface area (Å²) in [5.41, 5.74) is 0. The number of hydrogen-bond acceptors (Lipinski definition) is 0. The van der Waals surface area contributed by atoms with Crippen LogP contribution in [0.1, 0.15) is 6.92 Å². The third kappa shape index (κ3) is 5.38. The second-order valence-electron chi connectivity index (χ2n) is 0.977. The summed E-state index contributed by atoms with van der Waals surface area (Å²) in [6.07, 6.45) is 4.31. The van der Waals surface area contributed by atoms with Gasteiger partial charge in [-0.3, -0.25) is 0 Å². The van der Waals surface area contributed by atoms with Crippen molar-refractivity contribution >= 4 is 49.0 Å².